The van der Waals surface area contributed by atoms with Crippen molar-refractivity contribution in [1.82, 2.24) is 9.88 Å². The predicted octanol–water partition coefficient (Wildman–Crippen LogP) is 3.28. The first-order valence-corrected chi connectivity index (χ1v) is 12.4. The second-order valence-corrected chi connectivity index (χ2v) is 9.12. The van der Waals surface area contributed by atoms with Crippen LogP contribution in [0.25, 0.3) is 16.6 Å². The highest BCUT2D eigenvalue weighted by molar-refractivity contribution is 5.95. The third kappa shape index (κ3) is 5.33. The molecule has 0 bridgehead atoms. The Labute approximate surface area is 218 Å². The first kappa shape index (κ1) is 27.1. The highest BCUT2D eigenvalue weighted by Gasteiger charge is 2.29. The van der Waals surface area contributed by atoms with Crippen LogP contribution in [0.4, 0.5) is 20.2 Å². The molecule has 0 unspecified atom stereocenters. The van der Waals surface area contributed by atoms with E-state index in [1.165, 1.54) is 29.8 Å². The van der Waals surface area contributed by atoms with Crippen LogP contribution in [0.3, 0.4) is 0 Å². The Morgan fingerprint density at radius 2 is 1.82 bits per heavy atom. The molecule has 1 fully saturated rings. The van der Waals surface area contributed by atoms with Crippen molar-refractivity contribution in [1.29, 1.82) is 0 Å². The average molecular weight is 529 g/mol. The summed E-state index contributed by atoms with van der Waals surface area (Å²) in [4.78, 5) is 39.2. The van der Waals surface area contributed by atoms with Crippen molar-refractivity contribution in [3.8, 4) is 5.69 Å². The molecule has 0 spiro atoms. The van der Waals surface area contributed by atoms with Gasteiger partial charge in [0, 0.05) is 43.2 Å². The molecule has 3 aromatic rings. The summed E-state index contributed by atoms with van der Waals surface area (Å²) in [6, 6.07) is 5.25. The van der Waals surface area contributed by atoms with Crippen LogP contribution in [0.1, 0.15) is 43.1 Å². The zero-order valence-electron chi connectivity index (χ0n) is 21.5. The number of rotatable bonds is 9. The molecule has 202 valence electrons. The van der Waals surface area contributed by atoms with Crippen molar-refractivity contribution in [3.63, 3.8) is 0 Å². The van der Waals surface area contributed by atoms with Gasteiger partial charge in [-0.25, -0.2) is 13.6 Å². The highest BCUT2D eigenvalue weighted by Crippen LogP contribution is 2.32. The number of nitrogen functional groups attached to an aromatic ring is 1. The minimum atomic E-state index is -0.887. The first-order chi connectivity index (χ1) is 18.1. The van der Waals surface area contributed by atoms with Gasteiger partial charge >= 0.3 is 11.9 Å². The summed E-state index contributed by atoms with van der Waals surface area (Å²) in [6.07, 6.45) is 2.24. The monoisotopic (exact) mass is 528 g/mol. The molecule has 1 saturated heterocycles. The normalized spacial score (nSPS) is 13.4. The van der Waals surface area contributed by atoms with Gasteiger partial charge in [-0.05, 0) is 44.2 Å². The molecule has 2 aromatic carbocycles. The van der Waals surface area contributed by atoms with E-state index in [9.17, 15) is 18.8 Å². The predicted molar refractivity (Wildman–Crippen MR) is 140 cm³/mol. The molecule has 1 aliphatic heterocycles. The van der Waals surface area contributed by atoms with Crippen LogP contribution >= 0.6 is 0 Å². The topological polar surface area (TPSA) is 116 Å². The molecule has 0 saturated carbocycles. The molecule has 3 N–H and O–H groups in total. The number of hydrogen-bond donors (Lipinski definition) is 2. The van der Waals surface area contributed by atoms with Crippen LogP contribution in [0.2, 0.25) is 0 Å². The van der Waals surface area contributed by atoms with E-state index in [0.29, 0.717) is 13.1 Å². The molecular weight excluding hydrogens is 498 g/mol. The standard InChI is InChI=1S/C27H30F2N4O5/c1-4-6-31-17-11-32(12-17)25-10-24-18(8-21(25)29)26(35)19(27(36)37-5-2)13-33(24)23-9-22(30)20(28)7-16(23)14-38-15(3)34/h7-10,13,17,31H,4-6,11-12,14,30H2,1-3H3. The molecule has 1 aromatic heterocycles. The first-order valence-electron chi connectivity index (χ1n) is 12.4. The zero-order valence-corrected chi connectivity index (χ0v) is 21.5. The second-order valence-electron chi connectivity index (χ2n) is 9.12. The van der Waals surface area contributed by atoms with Crippen molar-refractivity contribution in [2.75, 3.05) is 36.9 Å². The summed E-state index contributed by atoms with van der Waals surface area (Å²) in [5.74, 6) is -2.82. The summed E-state index contributed by atoms with van der Waals surface area (Å²) in [7, 11) is 0. The number of anilines is 2. The van der Waals surface area contributed by atoms with E-state index in [1.54, 1.807) is 6.92 Å². The van der Waals surface area contributed by atoms with Gasteiger partial charge in [0.05, 0.1) is 29.2 Å². The van der Waals surface area contributed by atoms with Crippen LogP contribution in [-0.4, -0.2) is 48.8 Å². The Kier molecular flexibility index (Phi) is 7.96. The van der Waals surface area contributed by atoms with Crippen molar-refractivity contribution in [3.05, 3.63) is 63.4 Å². The van der Waals surface area contributed by atoms with Crippen molar-refractivity contribution in [2.24, 2.45) is 0 Å². The van der Waals surface area contributed by atoms with E-state index in [2.05, 4.69) is 12.2 Å². The number of halogens is 2. The van der Waals surface area contributed by atoms with E-state index in [4.69, 9.17) is 15.2 Å². The van der Waals surface area contributed by atoms with Gasteiger partial charge in [0.25, 0.3) is 0 Å². The summed E-state index contributed by atoms with van der Waals surface area (Å²) in [5, 5.41) is 3.31. The van der Waals surface area contributed by atoms with Crippen LogP contribution in [0, 0.1) is 11.6 Å². The van der Waals surface area contributed by atoms with Gasteiger partial charge in [-0.3, -0.25) is 9.59 Å². The number of carbonyl (C=O) groups is 2. The molecular formula is C27H30F2N4O5. The fourth-order valence-corrected chi connectivity index (χ4v) is 4.42. The van der Waals surface area contributed by atoms with Crippen molar-refractivity contribution in [2.45, 2.75) is 39.8 Å². The maximum atomic E-state index is 15.3. The minimum Gasteiger partial charge on any atom is -0.462 e. The Bertz CT molecular complexity index is 1450. The summed E-state index contributed by atoms with van der Waals surface area (Å²) < 4.78 is 41.3. The number of hydrogen-bond acceptors (Lipinski definition) is 8. The maximum Gasteiger partial charge on any atom is 0.343 e. The molecule has 0 radical (unpaired) electrons. The number of aromatic nitrogens is 1. The van der Waals surface area contributed by atoms with Crippen molar-refractivity contribution >= 4 is 34.2 Å². The van der Waals surface area contributed by atoms with Crippen LogP contribution in [-0.2, 0) is 20.9 Å². The summed E-state index contributed by atoms with van der Waals surface area (Å²) >= 11 is 0. The molecule has 0 atom stereocenters. The number of esters is 2. The summed E-state index contributed by atoms with van der Waals surface area (Å²) in [5.41, 5.74) is 5.65. The lowest BCUT2D eigenvalue weighted by Crippen LogP contribution is -2.58. The van der Waals surface area contributed by atoms with Gasteiger partial charge in [-0.15, -0.1) is 0 Å². The van der Waals surface area contributed by atoms with Gasteiger partial charge < -0.3 is 30.0 Å². The molecule has 0 aliphatic carbocycles. The van der Waals surface area contributed by atoms with Crippen LogP contribution in [0.15, 0.2) is 35.3 Å². The lowest BCUT2D eigenvalue weighted by molar-refractivity contribution is -0.142. The van der Waals surface area contributed by atoms with E-state index in [0.717, 1.165) is 25.1 Å². The molecule has 9 nitrogen and oxygen atoms in total. The van der Waals surface area contributed by atoms with E-state index in [1.807, 2.05) is 4.90 Å². The molecule has 2 heterocycles. The molecule has 38 heavy (non-hydrogen) atoms. The number of fused-ring (bicyclic) bond motifs is 1. The Morgan fingerprint density at radius 1 is 1.08 bits per heavy atom. The quantitative estimate of drug-likeness (QED) is 0.321. The number of carbonyl (C=O) groups excluding carboxylic acids is 2. The van der Waals surface area contributed by atoms with Crippen molar-refractivity contribution < 1.29 is 27.8 Å². The van der Waals surface area contributed by atoms with Gasteiger partial charge in [-0.1, -0.05) is 6.92 Å². The number of nitrogens with two attached hydrogens (primary N) is 1. The SMILES string of the molecule is CCCNC1CN(c2cc3c(cc2F)c(=O)c(C(=O)OCC)cn3-c2cc(N)c(F)cc2COC(C)=O)C1. The van der Waals surface area contributed by atoms with Crippen LogP contribution in [0.5, 0.6) is 0 Å². The lowest BCUT2D eigenvalue weighted by atomic mass is 10.0. The van der Waals surface area contributed by atoms with E-state index >= 15 is 4.39 Å². The Morgan fingerprint density at radius 3 is 2.47 bits per heavy atom. The molecule has 11 heteroatoms. The average Bonchev–Trinajstić information content (AvgIpc) is 2.84. The van der Waals surface area contributed by atoms with E-state index < -0.39 is 29.0 Å². The number of benzene rings is 2. The van der Waals surface area contributed by atoms with Gasteiger partial charge in [0.15, 0.2) is 0 Å². The Hall–Kier alpha value is -3.99. The van der Waals surface area contributed by atoms with Gasteiger partial charge in [0.1, 0.15) is 23.8 Å². The second kappa shape index (κ2) is 11.2. The molecule has 1 aliphatic rings. The third-order valence-corrected chi connectivity index (χ3v) is 6.36. The number of nitrogens with zero attached hydrogens (tertiary/aromatic N) is 2. The number of pyridine rings is 1. The van der Waals surface area contributed by atoms with Crippen LogP contribution < -0.4 is 21.4 Å². The fourth-order valence-electron chi connectivity index (χ4n) is 4.42. The van der Waals surface area contributed by atoms with Gasteiger partial charge in [-0.2, -0.15) is 0 Å². The number of nitrogens with one attached hydrogen (secondary N) is 1. The third-order valence-electron chi connectivity index (χ3n) is 6.36. The smallest absolute Gasteiger partial charge is 0.343 e. The lowest BCUT2D eigenvalue weighted by Gasteiger charge is -2.41. The highest BCUT2D eigenvalue weighted by atomic mass is 19.1. The molecule has 0 amide bonds. The largest absolute Gasteiger partial charge is 0.462 e. The minimum absolute atomic E-state index is 0.0208. The maximum absolute atomic E-state index is 15.3. The van der Waals surface area contributed by atoms with Gasteiger partial charge in [0.2, 0.25) is 5.43 Å². The summed E-state index contributed by atoms with van der Waals surface area (Å²) in [6.45, 7) is 6.61. The Balaban J connectivity index is 1.93. The zero-order chi connectivity index (χ0) is 27.6. The van der Waals surface area contributed by atoms with E-state index in [-0.39, 0.29) is 58.3 Å². The fraction of sp³-hybridized carbons (Fsp3) is 0.370. The number of ether oxygens (including phenoxy) is 2. The molecule has 4 rings (SSSR count).